The van der Waals surface area contributed by atoms with Gasteiger partial charge in [0.1, 0.15) is 17.8 Å². The fourth-order valence-corrected chi connectivity index (χ4v) is 3.52. The molecule has 0 amide bonds. The van der Waals surface area contributed by atoms with Gasteiger partial charge in [0, 0.05) is 12.8 Å². The molecule has 1 unspecified atom stereocenters. The summed E-state index contributed by atoms with van der Waals surface area (Å²) in [6, 6.07) is 5.17. The van der Waals surface area contributed by atoms with Gasteiger partial charge in [0.05, 0.1) is 12.2 Å². The zero-order valence-electron chi connectivity index (χ0n) is 12.2. The average Bonchev–Trinajstić information content (AvgIpc) is 3.06. The van der Waals surface area contributed by atoms with Gasteiger partial charge in [-0.2, -0.15) is 13.2 Å². The first-order valence-corrected chi connectivity index (χ1v) is 7.48. The van der Waals surface area contributed by atoms with Gasteiger partial charge in [-0.25, -0.2) is 0 Å². The van der Waals surface area contributed by atoms with Gasteiger partial charge in [0.15, 0.2) is 5.79 Å². The summed E-state index contributed by atoms with van der Waals surface area (Å²) >= 11 is 0. The number of aryl methyl sites for hydroxylation is 1. The lowest BCUT2D eigenvalue weighted by Gasteiger charge is -2.28. The predicted molar refractivity (Wildman–Crippen MR) is 74.4 cm³/mol. The lowest BCUT2D eigenvalue weighted by Crippen LogP contribution is -2.41. The van der Waals surface area contributed by atoms with Gasteiger partial charge in [0.25, 0.3) is 0 Å². The number of alkyl halides is 3. The Balaban J connectivity index is 1.44. The van der Waals surface area contributed by atoms with Crippen molar-refractivity contribution in [2.24, 2.45) is 0 Å². The molecule has 3 fully saturated rings. The van der Waals surface area contributed by atoms with Crippen LogP contribution in [0.25, 0.3) is 0 Å². The van der Waals surface area contributed by atoms with Crippen LogP contribution in [0.1, 0.15) is 24.0 Å². The zero-order valence-corrected chi connectivity index (χ0v) is 12.2. The van der Waals surface area contributed by atoms with E-state index in [1.165, 1.54) is 12.1 Å². The van der Waals surface area contributed by atoms with Crippen molar-refractivity contribution in [3.8, 4) is 12.3 Å². The highest BCUT2D eigenvalue weighted by Gasteiger charge is 2.71. The molecule has 122 valence electrons. The lowest BCUT2D eigenvalue weighted by molar-refractivity contribution is -0.157. The van der Waals surface area contributed by atoms with E-state index in [0.717, 1.165) is 17.7 Å². The van der Waals surface area contributed by atoms with Crippen molar-refractivity contribution in [1.82, 2.24) is 0 Å². The van der Waals surface area contributed by atoms with E-state index in [-0.39, 0.29) is 11.7 Å². The fourth-order valence-electron chi connectivity index (χ4n) is 3.52. The first-order chi connectivity index (χ1) is 10.9. The van der Waals surface area contributed by atoms with Crippen LogP contribution in [0, 0.1) is 12.3 Å². The number of hydrogen-bond donors (Lipinski definition) is 0. The fraction of sp³-hybridized carbons (Fsp3) is 0.529. The van der Waals surface area contributed by atoms with E-state index in [2.05, 4.69) is 5.92 Å². The molecule has 3 aliphatic rings. The maximum atomic E-state index is 12.6. The van der Waals surface area contributed by atoms with Crippen molar-refractivity contribution in [2.75, 3.05) is 6.61 Å². The minimum absolute atomic E-state index is 0.236. The first-order valence-electron chi connectivity index (χ1n) is 7.48. The Kier molecular flexibility index (Phi) is 3.08. The van der Waals surface area contributed by atoms with Gasteiger partial charge in [-0.05, 0) is 24.1 Å². The number of terminal acetylenes is 1. The third-order valence-electron chi connectivity index (χ3n) is 4.80. The Labute approximate surface area is 131 Å². The molecule has 0 aliphatic carbocycles. The Hall–Kier alpha value is -1.55. The lowest BCUT2D eigenvalue weighted by atomic mass is 9.89. The Morgan fingerprint density at radius 3 is 2.48 bits per heavy atom. The molecule has 1 aromatic rings. The highest BCUT2D eigenvalue weighted by atomic mass is 19.4. The Morgan fingerprint density at radius 1 is 1.22 bits per heavy atom. The van der Waals surface area contributed by atoms with Crippen molar-refractivity contribution in [3.05, 3.63) is 35.4 Å². The van der Waals surface area contributed by atoms with Crippen molar-refractivity contribution < 1.29 is 27.4 Å². The Morgan fingerprint density at radius 2 is 1.91 bits per heavy atom. The summed E-state index contributed by atoms with van der Waals surface area (Å²) in [5.41, 5.74) is -0.153. The van der Waals surface area contributed by atoms with Gasteiger partial charge < -0.3 is 14.2 Å². The van der Waals surface area contributed by atoms with Gasteiger partial charge in [0.2, 0.25) is 0 Å². The van der Waals surface area contributed by atoms with Gasteiger partial charge in [-0.1, -0.05) is 18.1 Å². The number of benzene rings is 1. The molecule has 1 spiro atoms. The van der Waals surface area contributed by atoms with E-state index >= 15 is 0 Å². The molecular formula is C17H15F3O3. The molecule has 0 radical (unpaired) electrons. The van der Waals surface area contributed by atoms with E-state index in [4.69, 9.17) is 20.6 Å². The van der Waals surface area contributed by atoms with E-state index in [0.29, 0.717) is 25.9 Å². The maximum absolute atomic E-state index is 12.6. The molecule has 23 heavy (non-hydrogen) atoms. The molecule has 2 bridgehead atoms. The third-order valence-corrected chi connectivity index (χ3v) is 4.80. The average molecular weight is 324 g/mol. The number of hydrogen-bond acceptors (Lipinski definition) is 3. The van der Waals surface area contributed by atoms with Crippen LogP contribution < -0.4 is 0 Å². The zero-order chi connectivity index (χ0) is 16.3. The summed E-state index contributed by atoms with van der Waals surface area (Å²) < 4.78 is 55.1. The van der Waals surface area contributed by atoms with E-state index in [1.807, 2.05) is 0 Å². The molecular weight excluding hydrogens is 309 g/mol. The number of epoxide rings is 1. The second-order valence-corrected chi connectivity index (χ2v) is 6.38. The summed E-state index contributed by atoms with van der Waals surface area (Å²) in [6.07, 6.45) is 2.23. The van der Waals surface area contributed by atoms with Crippen LogP contribution in [-0.2, 0) is 26.8 Å². The van der Waals surface area contributed by atoms with Crippen molar-refractivity contribution >= 4 is 0 Å². The molecule has 3 nitrogen and oxygen atoms in total. The van der Waals surface area contributed by atoms with Crippen LogP contribution in [0.4, 0.5) is 13.2 Å². The largest absolute Gasteiger partial charge is 0.416 e. The summed E-state index contributed by atoms with van der Waals surface area (Å²) in [6.45, 7) is 0.626. The second kappa shape index (κ2) is 4.73. The molecule has 4 rings (SSSR count). The number of ether oxygens (including phenoxy) is 3. The van der Waals surface area contributed by atoms with Crippen LogP contribution in [0.2, 0.25) is 0 Å². The van der Waals surface area contributed by atoms with E-state index in [9.17, 15) is 13.2 Å². The standard InChI is InChI=1S/C17H15F3O3/c1-2-13-14-15(10-21-15)9-16(22-13,23-14)8-7-11-3-5-12(6-4-11)17(18,19)20/h1,3-6,13-14H,7-10H2/t13-,14-,15?,16+/m1/s1. The summed E-state index contributed by atoms with van der Waals surface area (Å²) in [4.78, 5) is 0. The van der Waals surface area contributed by atoms with Crippen LogP contribution in [-0.4, -0.2) is 30.2 Å². The molecule has 3 heterocycles. The van der Waals surface area contributed by atoms with Gasteiger partial charge in [-0.3, -0.25) is 0 Å². The summed E-state index contributed by atoms with van der Waals surface area (Å²) in [5, 5.41) is 0. The SMILES string of the molecule is C#C[C@H]1O[C@]2(CCc3ccc(C(F)(F)F)cc3)CC3(CO3)[C@@H]1O2. The molecule has 0 saturated carbocycles. The summed E-state index contributed by atoms with van der Waals surface area (Å²) in [7, 11) is 0. The molecule has 3 aliphatic heterocycles. The molecule has 0 N–H and O–H groups in total. The highest BCUT2D eigenvalue weighted by Crippen LogP contribution is 2.57. The van der Waals surface area contributed by atoms with Crippen molar-refractivity contribution in [2.45, 2.75) is 49.0 Å². The van der Waals surface area contributed by atoms with Crippen molar-refractivity contribution in [1.29, 1.82) is 0 Å². The molecule has 4 atom stereocenters. The molecule has 3 saturated heterocycles. The Bertz CT molecular complexity index is 657. The quantitative estimate of drug-likeness (QED) is 0.633. The van der Waals surface area contributed by atoms with E-state index in [1.54, 1.807) is 0 Å². The third kappa shape index (κ3) is 2.44. The van der Waals surface area contributed by atoms with E-state index < -0.39 is 23.6 Å². The normalized spacial score (nSPS) is 38.0. The van der Waals surface area contributed by atoms with Crippen LogP contribution in [0.15, 0.2) is 24.3 Å². The number of rotatable bonds is 3. The monoisotopic (exact) mass is 324 g/mol. The minimum Gasteiger partial charge on any atom is -0.366 e. The number of fused-ring (bicyclic) bond motifs is 3. The van der Waals surface area contributed by atoms with Crippen LogP contribution in [0.5, 0.6) is 0 Å². The van der Waals surface area contributed by atoms with Gasteiger partial charge in [-0.15, -0.1) is 6.42 Å². The maximum Gasteiger partial charge on any atom is 0.416 e. The van der Waals surface area contributed by atoms with Crippen molar-refractivity contribution in [3.63, 3.8) is 0 Å². The predicted octanol–water partition coefficient (Wildman–Crippen LogP) is 2.92. The highest BCUT2D eigenvalue weighted by molar-refractivity contribution is 5.26. The molecule has 0 aromatic heterocycles. The first kappa shape index (κ1) is 15.0. The second-order valence-electron chi connectivity index (χ2n) is 6.38. The molecule has 6 heteroatoms. The topological polar surface area (TPSA) is 31.0 Å². The van der Waals surface area contributed by atoms with Crippen LogP contribution >= 0.6 is 0 Å². The number of halogens is 3. The summed E-state index contributed by atoms with van der Waals surface area (Å²) in [5.74, 6) is 1.81. The van der Waals surface area contributed by atoms with Gasteiger partial charge >= 0.3 is 6.18 Å². The molecule has 1 aromatic carbocycles. The van der Waals surface area contributed by atoms with Crippen LogP contribution in [0.3, 0.4) is 0 Å². The smallest absolute Gasteiger partial charge is 0.366 e. The minimum atomic E-state index is -4.32.